The van der Waals surface area contributed by atoms with Crippen LogP contribution in [0.4, 0.5) is 14.5 Å². The molecule has 0 fully saturated rings. The summed E-state index contributed by atoms with van der Waals surface area (Å²) in [6.45, 7) is 6.55. The summed E-state index contributed by atoms with van der Waals surface area (Å²) in [4.78, 5) is 13.3. The second kappa shape index (κ2) is 6.87. The van der Waals surface area contributed by atoms with Gasteiger partial charge in [0.15, 0.2) is 0 Å². The molecule has 0 saturated heterocycles. The lowest BCUT2D eigenvalue weighted by molar-refractivity contribution is -0.141. The van der Waals surface area contributed by atoms with Gasteiger partial charge in [-0.3, -0.25) is 4.79 Å². The van der Waals surface area contributed by atoms with Crippen molar-refractivity contribution in [3.8, 4) is 0 Å². The fourth-order valence-electron chi connectivity index (χ4n) is 2.75. The number of fused-ring (bicyclic) bond motifs is 1. The zero-order valence-electron chi connectivity index (χ0n) is 13.4. The highest BCUT2D eigenvalue weighted by Gasteiger charge is 2.54. The normalized spacial score (nSPS) is 18.6. The summed E-state index contributed by atoms with van der Waals surface area (Å²) in [6, 6.07) is 4.39. The lowest BCUT2D eigenvalue weighted by atomic mass is 9.98. The highest BCUT2D eigenvalue weighted by molar-refractivity contribution is 6.29. The number of aliphatic hydroxyl groups is 1. The van der Waals surface area contributed by atoms with Crippen LogP contribution in [0.2, 0.25) is 0 Å². The average molecular weight is 354 g/mol. The molecular formula is C18H18ClF2NO2. The highest BCUT2D eigenvalue weighted by Crippen LogP contribution is 2.47. The molecule has 0 bridgehead atoms. The van der Waals surface area contributed by atoms with Gasteiger partial charge in [-0.2, -0.15) is 8.78 Å². The predicted octanol–water partition coefficient (Wildman–Crippen LogP) is 4.43. The van der Waals surface area contributed by atoms with Crippen LogP contribution in [0.3, 0.4) is 0 Å². The number of alkyl halides is 2. The standard InChI is InChI=1S/C18H18ClF2NO2/c1-4-6-13(9-11(2)19)10-22-15-8-5-7-14(12(3)23)16(15)18(20,21)17(22)24/h4-9,12,23H,1,10H2,2-3H3/b11-9+,13-6+/t12-/m0/s1. The number of allylic oxidation sites excluding steroid dienone is 3. The molecule has 0 saturated carbocycles. The van der Waals surface area contributed by atoms with Crippen LogP contribution in [-0.4, -0.2) is 17.6 Å². The maximum atomic E-state index is 14.5. The van der Waals surface area contributed by atoms with E-state index in [4.69, 9.17) is 11.6 Å². The maximum absolute atomic E-state index is 14.5. The Morgan fingerprint density at radius 2 is 2.17 bits per heavy atom. The van der Waals surface area contributed by atoms with Gasteiger partial charge in [0.05, 0.1) is 23.9 Å². The first kappa shape index (κ1) is 18.4. The molecule has 128 valence electrons. The number of nitrogens with zero attached hydrogens (tertiary/aromatic N) is 1. The number of benzene rings is 1. The van der Waals surface area contributed by atoms with Crippen LogP contribution >= 0.6 is 11.6 Å². The molecule has 6 heteroatoms. The summed E-state index contributed by atoms with van der Waals surface area (Å²) in [6.07, 6.45) is 3.59. The van der Waals surface area contributed by atoms with Gasteiger partial charge in [0.1, 0.15) is 0 Å². The third kappa shape index (κ3) is 3.28. The van der Waals surface area contributed by atoms with Gasteiger partial charge in [0.25, 0.3) is 0 Å². The van der Waals surface area contributed by atoms with Gasteiger partial charge < -0.3 is 10.0 Å². The third-order valence-corrected chi connectivity index (χ3v) is 3.81. The van der Waals surface area contributed by atoms with Gasteiger partial charge in [0, 0.05) is 5.03 Å². The van der Waals surface area contributed by atoms with Crippen molar-refractivity contribution in [1.82, 2.24) is 0 Å². The van der Waals surface area contributed by atoms with Crippen LogP contribution in [-0.2, 0) is 10.7 Å². The molecule has 2 rings (SSSR count). The first-order valence-electron chi connectivity index (χ1n) is 7.36. The number of amides is 1. The zero-order chi connectivity index (χ0) is 18.1. The maximum Gasteiger partial charge on any atom is 0.352 e. The summed E-state index contributed by atoms with van der Waals surface area (Å²) in [5.41, 5.74) is 0.275. The Labute approximate surface area is 144 Å². The molecule has 1 aromatic carbocycles. The summed E-state index contributed by atoms with van der Waals surface area (Å²) in [5, 5.41) is 10.2. The smallest absolute Gasteiger partial charge is 0.352 e. The van der Waals surface area contributed by atoms with E-state index in [0.717, 1.165) is 4.90 Å². The number of carbonyl (C=O) groups excluding carboxylic acids is 1. The van der Waals surface area contributed by atoms with Gasteiger partial charge >= 0.3 is 11.8 Å². The average Bonchev–Trinajstić information content (AvgIpc) is 2.68. The summed E-state index contributed by atoms with van der Waals surface area (Å²) in [5.74, 6) is -5.00. The van der Waals surface area contributed by atoms with E-state index in [-0.39, 0.29) is 17.8 Å². The van der Waals surface area contributed by atoms with E-state index >= 15 is 0 Å². The van der Waals surface area contributed by atoms with Crippen LogP contribution in [0.25, 0.3) is 0 Å². The molecular weight excluding hydrogens is 336 g/mol. The van der Waals surface area contributed by atoms with E-state index in [1.165, 1.54) is 25.1 Å². The number of aliphatic hydroxyl groups excluding tert-OH is 1. The summed E-state index contributed by atoms with van der Waals surface area (Å²) in [7, 11) is 0. The van der Waals surface area contributed by atoms with E-state index < -0.39 is 23.5 Å². The van der Waals surface area contributed by atoms with Crippen molar-refractivity contribution in [1.29, 1.82) is 0 Å². The Kier molecular flexibility index (Phi) is 5.26. The van der Waals surface area contributed by atoms with Crippen LogP contribution in [0.15, 0.2) is 53.6 Å². The van der Waals surface area contributed by atoms with Gasteiger partial charge in [-0.1, -0.05) is 42.5 Å². The van der Waals surface area contributed by atoms with Crippen LogP contribution in [0, 0.1) is 0 Å². The van der Waals surface area contributed by atoms with Gasteiger partial charge in [-0.15, -0.1) is 0 Å². The van der Waals surface area contributed by atoms with E-state index in [1.807, 2.05) is 0 Å². The Hall–Kier alpha value is -1.98. The molecule has 1 N–H and O–H groups in total. The summed E-state index contributed by atoms with van der Waals surface area (Å²) < 4.78 is 29.0. The lowest BCUT2D eigenvalue weighted by Crippen LogP contribution is -2.35. The molecule has 0 aromatic heterocycles. The summed E-state index contributed by atoms with van der Waals surface area (Å²) >= 11 is 5.85. The number of carbonyl (C=O) groups is 1. The second-order valence-corrected chi connectivity index (χ2v) is 6.19. The van der Waals surface area contributed by atoms with Crippen LogP contribution in [0.1, 0.15) is 31.1 Å². The zero-order valence-corrected chi connectivity index (χ0v) is 14.1. The van der Waals surface area contributed by atoms with E-state index in [1.54, 1.807) is 25.1 Å². The van der Waals surface area contributed by atoms with Crippen molar-refractivity contribution in [2.45, 2.75) is 25.9 Å². The van der Waals surface area contributed by atoms with Crippen molar-refractivity contribution in [2.24, 2.45) is 0 Å². The minimum Gasteiger partial charge on any atom is -0.389 e. The van der Waals surface area contributed by atoms with Crippen molar-refractivity contribution in [2.75, 3.05) is 11.4 Å². The second-order valence-electron chi connectivity index (χ2n) is 5.59. The molecule has 0 radical (unpaired) electrons. The number of rotatable bonds is 5. The minimum absolute atomic E-state index is 0.0478. The Morgan fingerprint density at radius 3 is 2.71 bits per heavy atom. The Bertz CT molecular complexity index is 735. The molecule has 1 aliphatic heterocycles. The molecule has 24 heavy (non-hydrogen) atoms. The quantitative estimate of drug-likeness (QED) is 0.795. The SMILES string of the molecule is C=C/C=C(\C=C(/C)Cl)CN1C(=O)C(F)(F)c2c([C@H](C)O)cccc21. The van der Waals surface area contributed by atoms with Crippen LogP contribution < -0.4 is 4.90 Å². The fraction of sp³-hybridized carbons (Fsp3) is 0.278. The molecule has 1 amide bonds. The van der Waals surface area contributed by atoms with Gasteiger partial charge in [-0.25, -0.2) is 0 Å². The lowest BCUT2D eigenvalue weighted by Gasteiger charge is -2.18. The first-order chi connectivity index (χ1) is 11.2. The third-order valence-electron chi connectivity index (χ3n) is 3.70. The fourth-order valence-corrected chi connectivity index (χ4v) is 2.89. The van der Waals surface area contributed by atoms with Crippen molar-refractivity contribution < 1.29 is 18.7 Å². The molecule has 0 aliphatic carbocycles. The molecule has 1 atom stereocenters. The van der Waals surface area contributed by atoms with E-state index in [0.29, 0.717) is 10.6 Å². The number of halogens is 3. The minimum atomic E-state index is -3.68. The largest absolute Gasteiger partial charge is 0.389 e. The number of anilines is 1. The Balaban J connectivity index is 2.54. The Morgan fingerprint density at radius 1 is 1.50 bits per heavy atom. The highest BCUT2D eigenvalue weighted by atomic mass is 35.5. The molecule has 1 heterocycles. The van der Waals surface area contributed by atoms with Gasteiger partial charge in [-0.05, 0) is 37.1 Å². The molecule has 3 nitrogen and oxygen atoms in total. The van der Waals surface area contributed by atoms with Crippen molar-refractivity contribution >= 4 is 23.2 Å². The number of hydrogen-bond donors (Lipinski definition) is 1. The number of hydrogen-bond acceptors (Lipinski definition) is 2. The monoisotopic (exact) mass is 353 g/mol. The van der Waals surface area contributed by atoms with Gasteiger partial charge in [0.2, 0.25) is 0 Å². The van der Waals surface area contributed by atoms with Crippen molar-refractivity contribution in [3.63, 3.8) is 0 Å². The molecule has 0 unspecified atom stereocenters. The topological polar surface area (TPSA) is 40.5 Å². The van der Waals surface area contributed by atoms with Crippen molar-refractivity contribution in [3.05, 3.63) is 64.7 Å². The van der Waals surface area contributed by atoms with Crippen LogP contribution in [0.5, 0.6) is 0 Å². The van der Waals surface area contributed by atoms with E-state index in [9.17, 15) is 18.7 Å². The first-order valence-corrected chi connectivity index (χ1v) is 7.74. The predicted molar refractivity (Wildman–Crippen MR) is 91.2 cm³/mol. The van der Waals surface area contributed by atoms with E-state index in [2.05, 4.69) is 6.58 Å². The molecule has 0 spiro atoms. The molecule has 1 aliphatic rings. The molecule has 1 aromatic rings.